The van der Waals surface area contributed by atoms with Crippen molar-refractivity contribution in [1.29, 1.82) is 0 Å². The second kappa shape index (κ2) is 5.49. The quantitative estimate of drug-likeness (QED) is 0.716. The average molecular weight is 242 g/mol. The zero-order valence-corrected chi connectivity index (χ0v) is 11.1. The van der Waals surface area contributed by atoms with E-state index < -0.39 is 11.6 Å². The first-order chi connectivity index (χ1) is 7.90. The molecule has 98 valence electrons. The Hall–Kier alpha value is -1.10. The maximum absolute atomic E-state index is 12.1. The topological polar surface area (TPSA) is 58.6 Å². The maximum Gasteiger partial charge on any atom is 0.248 e. The van der Waals surface area contributed by atoms with Crippen molar-refractivity contribution in [3.8, 4) is 0 Å². The molecule has 5 nitrogen and oxygen atoms in total. The Morgan fingerprint density at radius 1 is 1.41 bits per heavy atom. The Balaban J connectivity index is 2.60. The number of nitrogens with zero attached hydrogens (tertiary/aromatic N) is 1. The van der Waals surface area contributed by atoms with Gasteiger partial charge in [-0.3, -0.25) is 9.59 Å². The summed E-state index contributed by atoms with van der Waals surface area (Å²) in [6, 6.07) is -0.392. The van der Waals surface area contributed by atoms with E-state index >= 15 is 0 Å². The van der Waals surface area contributed by atoms with Gasteiger partial charge in [-0.05, 0) is 34.1 Å². The van der Waals surface area contributed by atoms with Gasteiger partial charge in [0.15, 0.2) is 0 Å². The summed E-state index contributed by atoms with van der Waals surface area (Å²) >= 11 is 0. The predicted octanol–water partition coefficient (Wildman–Crippen LogP) is 0.539. The zero-order valence-electron chi connectivity index (χ0n) is 11.1. The molecule has 1 heterocycles. The van der Waals surface area contributed by atoms with Gasteiger partial charge in [-0.2, -0.15) is 0 Å². The highest BCUT2D eigenvalue weighted by Crippen LogP contribution is 2.17. The second-order valence-electron chi connectivity index (χ2n) is 4.84. The lowest BCUT2D eigenvalue weighted by Gasteiger charge is -2.41. The molecule has 5 heteroatoms. The fraction of sp³-hybridized carbons (Fsp3) is 0.833. The molecular formula is C12H22N2O3. The van der Waals surface area contributed by atoms with Gasteiger partial charge in [0.25, 0.3) is 0 Å². The molecule has 1 aliphatic heterocycles. The third-order valence-electron chi connectivity index (χ3n) is 2.97. The molecule has 0 aromatic heterocycles. The molecule has 0 aliphatic carbocycles. The van der Waals surface area contributed by atoms with Crippen molar-refractivity contribution >= 4 is 11.8 Å². The number of rotatable bonds is 5. The van der Waals surface area contributed by atoms with Gasteiger partial charge in [-0.25, -0.2) is 0 Å². The number of nitrogens with one attached hydrogen (secondary N) is 1. The van der Waals surface area contributed by atoms with Gasteiger partial charge < -0.3 is 15.0 Å². The normalized spacial score (nSPS) is 23.8. The van der Waals surface area contributed by atoms with Gasteiger partial charge in [0.1, 0.15) is 11.6 Å². The minimum absolute atomic E-state index is 0.0268. The van der Waals surface area contributed by atoms with E-state index in [2.05, 4.69) is 5.32 Å². The van der Waals surface area contributed by atoms with Crippen molar-refractivity contribution < 1.29 is 14.3 Å². The van der Waals surface area contributed by atoms with Crippen LogP contribution in [0, 0.1) is 0 Å². The monoisotopic (exact) mass is 242 g/mol. The summed E-state index contributed by atoms with van der Waals surface area (Å²) in [6.45, 7) is 9.01. The third-order valence-corrected chi connectivity index (χ3v) is 2.97. The molecule has 0 bridgehead atoms. The fourth-order valence-electron chi connectivity index (χ4n) is 1.92. The number of amides is 2. The van der Waals surface area contributed by atoms with Crippen molar-refractivity contribution in [3.63, 3.8) is 0 Å². The van der Waals surface area contributed by atoms with E-state index in [-0.39, 0.29) is 11.8 Å². The van der Waals surface area contributed by atoms with Gasteiger partial charge in [0.05, 0.1) is 0 Å². The number of hydrogen-bond acceptors (Lipinski definition) is 3. The Morgan fingerprint density at radius 3 is 2.65 bits per heavy atom. The van der Waals surface area contributed by atoms with Crippen molar-refractivity contribution in [2.24, 2.45) is 0 Å². The van der Waals surface area contributed by atoms with Crippen LogP contribution in [0.2, 0.25) is 0 Å². The molecule has 0 radical (unpaired) electrons. The minimum Gasteiger partial charge on any atom is -0.382 e. The molecule has 0 aromatic rings. The van der Waals surface area contributed by atoms with Gasteiger partial charge in [0.2, 0.25) is 11.8 Å². The molecule has 1 saturated heterocycles. The Labute approximate surface area is 102 Å². The second-order valence-corrected chi connectivity index (χ2v) is 4.84. The van der Waals surface area contributed by atoms with E-state index in [1.54, 1.807) is 25.7 Å². The molecule has 0 saturated carbocycles. The van der Waals surface area contributed by atoms with Gasteiger partial charge >= 0.3 is 0 Å². The summed E-state index contributed by atoms with van der Waals surface area (Å²) in [6.07, 6.45) is 0.757. The van der Waals surface area contributed by atoms with Crippen molar-refractivity contribution in [3.05, 3.63) is 0 Å². The van der Waals surface area contributed by atoms with Gasteiger partial charge in [0, 0.05) is 19.8 Å². The highest BCUT2D eigenvalue weighted by atomic mass is 16.5. The Morgan fingerprint density at radius 2 is 2.06 bits per heavy atom. The molecular weight excluding hydrogens is 220 g/mol. The predicted molar refractivity (Wildman–Crippen MR) is 64.5 cm³/mol. The first-order valence-electron chi connectivity index (χ1n) is 6.11. The molecule has 1 fully saturated rings. The fourth-order valence-corrected chi connectivity index (χ4v) is 1.92. The lowest BCUT2D eigenvalue weighted by atomic mass is 9.97. The van der Waals surface area contributed by atoms with E-state index in [9.17, 15) is 9.59 Å². The van der Waals surface area contributed by atoms with E-state index in [4.69, 9.17) is 4.74 Å². The zero-order chi connectivity index (χ0) is 13.1. The van der Waals surface area contributed by atoms with Crippen LogP contribution in [0.1, 0.15) is 34.1 Å². The Bertz CT molecular complexity index is 302. The first kappa shape index (κ1) is 14.0. The molecule has 1 rings (SSSR count). The van der Waals surface area contributed by atoms with Crippen LogP contribution < -0.4 is 5.32 Å². The van der Waals surface area contributed by atoms with Gasteiger partial charge in [-0.1, -0.05) is 0 Å². The van der Waals surface area contributed by atoms with E-state index in [0.29, 0.717) is 19.8 Å². The highest BCUT2D eigenvalue weighted by Gasteiger charge is 2.42. The third kappa shape index (κ3) is 3.19. The number of piperazine rings is 1. The summed E-state index contributed by atoms with van der Waals surface area (Å²) in [5.74, 6) is -0.118. The smallest absolute Gasteiger partial charge is 0.248 e. The van der Waals surface area contributed by atoms with Crippen LogP contribution in [0.4, 0.5) is 0 Å². The summed E-state index contributed by atoms with van der Waals surface area (Å²) in [4.78, 5) is 25.5. The molecule has 0 aromatic carbocycles. The SMILES string of the molecule is CCOCCCN1C(=O)C(C)(C)NC(=O)C1C. The number of carbonyl (C=O) groups is 2. The molecule has 0 spiro atoms. The summed E-state index contributed by atoms with van der Waals surface area (Å²) in [5, 5.41) is 2.73. The molecule has 17 heavy (non-hydrogen) atoms. The molecule has 1 N–H and O–H groups in total. The van der Waals surface area contributed by atoms with Crippen LogP contribution in [0.25, 0.3) is 0 Å². The van der Waals surface area contributed by atoms with Gasteiger partial charge in [-0.15, -0.1) is 0 Å². The highest BCUT2D eigenvalue weighted by molar-refractivity contribution is 5.99. The summed E-state index contributed by atoms with van der Waals surface area (Å²) in [7, 11) is 0. The number of hydrogen-bond donors (Lipinski definition) is 1. The molecule has 2 amide bonds. The minimum atomic E-state index is -0.796. The van der Waals surface area contributed by atoms with Crippen molar-refractivity contribution in [2.75, 3.05) is 19.8 Å². The lowest BCUT2D eigenvalue weighted by Crippen LogP contribution is -2.67. The standard InChI is InChI=1S/C12H22N2O3/c1-5-17-8-6-7-14-9(2)10(15)13-12(3,4)11(14)16/h9H,5-8H2,1-4H3,(H,13,15). The van der Waals surface area contributed by atoms with E-state index in [0.717, 1.165) is 6.42 Å². The molecule has 1 aliphatic rings. The van der Waals surface area contributed by atoms with Crippen molar-refractivity contribution in [1.82, 2.24) is 10.2 Å². The molecule has 1 atom stereocenters. The van der Waals surface area contributed by atoms with E-state index in [1.807, 2.05) is 6.92 Å². The number of carbonyl (C=O) groups excluding carboxylic acids is 2. The molecule has 1 unspecified atom stereocenters. The van der Waals surface area contributed by atoms with Crippen LogP contribution in [0.3, 0.4) is 0 Å². The largest absolute Gasteiger partial charge is 0.382 e. The van der Waals surface area contributed by atoms with Crippen LogP contribution in [-0.2, 0) is 14.3 Å². The summed E-state index contributed by atoms with van der Waals surface area (Å²) < 4.78 is 5.24. The average Bonchev–Trinajstić information content (AvgIpc) is 2.25. The summed E-state index contributed by atoms with van der Waals surface area (Å²) in [5.41, 5.74) is -0.796. The van der Waals surface area contributed by atoms with Crippen molar-refractivity contribution in [2.45, 2.75) is 45.7 Å². The van der Waals surface area contributed by atoms with E-state index in [1.165, 1.54) is 0 Å². The Kier molecular flexibility index (Phi) is 4.51. The van der Waals surface area contributed by atoms with Crippen LogP contribution in [0.15, 0.2) is 0 Å². The first-order valence-corrected chi connectivity index (χ1v) is 6.11. The van der Waals surface area contributed by atoms with Crippen LogP contribution in [-0.4, -0.2) is 48.1 Å². The van der Waals surface area contributed by atoms with Crippen LogP contribution >= 0.6 is 0 Å². The number of ether oxygens (including phenoxy) is 1. The lowest BCUT2D eigenvalue weighted by molar-refractivity contribution is -0.152. The van der Waals surface area contributed by atoms with Crippen LogP contribution in [0.5, 0.6) is 0 Å². The maximum atomic E-state index is 12.1.